The SMILES string of the molecule is CC(C)c1ccnc(-c2[c-]cc(F)c3c2oc2ncccc23)c1.[2H]C([2H])([2H])c1c[c-]c(-c2cc(C([2H])([2H])[2H])c([Si](C)(C)C)cn2)cc1.[Ir]. The van der Waals surface area contributed by atoms with E-state index in [1.54, 1.807) is 42.9 Å². The van der Waals surface area contributed by atoms with Gasteiger partial charge in [-0.2, -0.15) is 0 Å². The van der Waals surface area contributed by atoms with Gasteiger partial charge in [0.2, 0.25) is 5.71 Å². The van der Waals surface area contributed by atoms with Crippen molar-refractivity contribution in [1.29, 1.82) is 0 Å². The third kappa shape index (κ3) is 6.59. The van der Waals surface area contributed by atoms with Crippen molar-refractivity contribution in [3.05, 3.63) is 108 Å². The van der Waals surface area contributed by atoms with Gasteiger partial charge in [-0.3, -0.25) is 4.39 Å². The third-order valence-corrected chi connectivity index (χ3v) is 8.80. The fourth-order valence-corrected chi connectivity index (χ4v) is 5.87. The van der Waals surface area contributed by atoms with Crippen molar-refractivity contribution in [2.24, 2.45) is 0 Å². The standard InChI is InChI=1S/C19H14FN2O.C16H20NSi.Ir/c1-11(2)12-7-9-21-16(10-12)13-5-6-15(20)17-14-4-3-8-22-19(14)23-18(13)17;1-12-6-8-14(9-7-12)15-10-13(2)16(11-17-15)18(3,4)5;/h3-4,6-11H,1-2H3;6-8,10-11H,1-5H3;/q2*-1;/i;1D3,2D3;. The Morgan fingerprint density at radius 2 is 1.76 bits per heavy atom. The maximum Gasteiger partial charge on any atom is 0.216 e. The van der Waals surface area contributed by atoms with Crippen molar-refractivity contribution in [2.45, 2.75) is 53.1 Å². The van der Waals surface area contributed by atoms with Crippen molar-refractivity contribution in [2.75, 3.05) is 0 Å². The quantitative estimate of drug-likeness (QED) is 0.133. The molecule has 6 rings (SSSR count). The van der Waals surface area contributed by atoms with Crippen LogP contribution in [0.15, 0.2) is 77.6 Å². The average molecular weight is 758 g/mol. The minimum absolute atomic E-state index is 0. The largest absolute Gasteiger partial charge is 0.486 e. The van der Waals surface area contributed by atoms with Crippen LogP contribution in [-0.4, -0.2) is 23.0 Å². The molecule has 4 heterocycles. The molecule has 217 valence electrons. The molecule has 42 heavy (non-hydrogen) atoms. The summed E-state index contributed by atoms with van der Waals surface area (Å²) < 4.78 is 65.7. The second kappa shape index (κ2) is 12.8. The summed E-state index contributed by atoms with van der Waals surface area (Å²) >= 11 is 0. The molecule has 0 aliphatic rings. The van der Waals surface area contributed by atoms with Gasteiger partial charge in [-0.1, -0.05) is 69.2 Å². The first-order valence-corrected chi connectivity index (χ1v) is 16.8. The minimum Gasteiger partial charge on any atom is -0.486 e. The fourth-order valence-electron chi connectivity index (χ4n) is 4.54. The summed E-state index contributed by atoms with van der Waals surface area (Å²) in [5.74, 6) is 0.0144. The van der Waals surface area contributed by atoms with Gasteiger partial charge >= 0.3 is 0 Å². The first kappa shape index (κ1) is 24.0. The van der Waals surface area contributed by atoms with Crippen LogP contribution in [0.2, 0.25) is 19.6 Å². The van der Waals surface area contributed by atoms with Gasteiger partial charge in [0.25, 0.3) is 0 Å². The average Bonchev–Trinajstić information content (AvgIpc) is 3.41. The van der Waals surface area contributed by atoms with E-state index >= 15 is 0 Å². The van der Waals surface area contributed by atoms with Gasteiger partial charge in [0, 0.05) is 58.1 Å². The van der Waals surface area contributed by atoms with Gasteiger partial charge in [-0.25, -0.2) is 4.98 Å². The van der Waals surface area contributed by atoms with Crippen LogP contribution >= 0.6 is 0 Å². The maximum atomic E-state index is 14.3. The van der Waals surface area contributed by atoms with E-state index in [1.807, 2.05) is 12.1 Å². The zero-order chi connectivity index (χ0) is 34.3. The van der Waals surface area contributed by atoms with E-state index in [9.17, 15) is 4.39 Å². The Balaban J connectivity index is 0.000000212. The molecule has 6 aromatic rings. The zero-order valence-electron chi connectivity index (χ0n) is 30.0. The molecule has 7 heteroatoms. The molecule has 4 nitrogen and oxygen atoms in total. The number of hydrogen-bond donors (Lipinski definition) is 0. The first-order chi connectivity index (χ1) is 21.9. The molecule has 0 spiro atoms. The Bertz CT molecular complexity index is 2060. The van der Waals surface area contributed by atoms with Gasteiger partial charge < -0.3 is 14.4 Å². The molecule has 0 saturated carbocycles. The summed E-state index contributed by atoms with van der Waals surface area (Å²) in [7, 11) is -1.85. The Kier molecular flexibility index (Phi) is 7.30. The molecule has 0 saturated heterocycles. The molecule has 0 bridgehead atoms. The second-order valence-corrected chi connectivity index (χ2v) is 16.2. The topological polar surface area (TPSA) is 51.8 Å². The van der Waals surface area contributed by atoms with Crippen LogP contribution in [-0.2, 0) is 20.1 Å². The fraction of sp³-hybridized carbons (Fsp3) is 0.229. The van der Waals surface area contributed by atoms with E-state index in [0.717, 1.165) is 16.4 Å². The summed E-state index contributed by atoms with van der Waals surface area (Å²) in [5.41, 5.74) is 4.98. The second-order valence-electron chi connectivity index (χ2n) is 11.2. The number of nitrogens with zero attached hydrogens (tertiary/aromatic N) is 3. The molecule has 4 aromatic heterocycles. The Morgan fingerprint density at radius 3 is 2.45 bits per heavy atom. The molecule has 0 fully saturated rings. The predicted octanol–water partition coefficient (Wildman–Crippen LogP) is 8.81. The van der Waals surface area contributed by atoms with Gasteiger partial charge in [0.15, 0.2) is 0 Å². The molecular formula is C35H34FIrN3OSi-2. The van der Waals surface area contributed by atoms with Crippen LogP contribution in [0, 0.1) is 31.7 Å². The monoisotopic (exact) mass is 758 g/mol. The van der Waals surface area contributed by atoms with E-state index in [0.29, 0.717) is 50.4 Å². The number of halogens is 1. The first-order valence-electron chi connectivity index (χ1n) is 16.3. The van der Waals surface area contributed by atoms with E-state index < -0.39 is 21.8 Å². The number of fused-ring (bicyclic) bond motifs is 3. The van der Waals surface area contributed by atoms with E-state index in [4.69, 9.17) is 12.6 Å². The molecule has 0 unspecified atom stereocenters. The van der Waals surface area contributed by atoms with Crippen LogP contribution in [0.1, 0.15) is 44.7 Å². The Morgan fingerprint density at radius 1 is 0.929 bits per heavy atom. The summed E-state index contributed by atoms with van der Waals surface area (Å²) in [6.45, 7) is 6.07. The van der Waals surface area contributed by atoms with E-state index in [2.05, 4.69) is 60.6 Å². The third-order valence-electron chi connectivity index (χ3n) is 6.78. The van der Waals surface area contributed by atoms with Crippen molar-refractivity contribution in [1.82, 2.24) is 15.0 Å². The Labute approximate surface area is 270 Å². The molecule has 0 N–H and O–H groups in total. The summed E-state index contributed by atoms with van der Waals surface area (Å²) in [5, 5.41) is 1.90. The summed E-state index contributed by atoms with van der Waals surface area (Å²) in [4.78, 5) is 13.0. The molecule has 0 aliphatic carbocycles. The number of aryl methyl sites for hydroxylation is 2. The van der Waals surface area contributed by atoms with Crippen LogP contribution < -0.4 is 5.19 Å². The zero-order valence-corrected chi connectivity index (χ0v) is 27.4. The van der Waals surface area contributed by atoms with Crippen molar-refractivity contribution in [3.63, 3.8) is 0 Å². The molecule has 0 aliphatic heterocycles. The molecule has 2 aromatic carbocycles. The van der Waals surface area contributed by atoms with E-state index in [1.165, 1.54) is 18.2 Å². The van der Waals surface area contributed by atoms with Gasteiger partial charge in [-0.15, -0.1) is 47.5 Å². The van der Waals surface area contributed by atoms with E-state index in [-0.39, 0.29) is 31.5 Å². The van der Waals surface area contributed by atoms with Crippen molar-refractivity contribution >= 4 is 35.3 Å². The van der Waals surface area contributed by atoms with Gasteiger partial charge in [0.05, 0.1) is 13.7 Å². The number of furan rings is 1. The van der Waals surface area contributed by atoms with Crippen LogP contribution in [0.3, 0.4) is 0 Å². The van der Waals surface area contributed by atoms with Gasteiger partial charge in [0.1, 0.15) is 0 Å². The summed E-state index contributed by atoms with van der Waals surface area (Å²) in [6.07, 6.45) is 5.03. The van der Waals surface area contributed by atoms with Crippen LogP contribution in [0.25, 0.3) is 44.6 Å². The molecule has 1 radical (unpaired) electrons. The smallest absolute Gasteiger partial charge is 0.216 e. The van der Waals surface area contributed by atoms with Crippen molar-refractivity contribution < 1.29 is 37.1 Å². The molecular weight excluding hydrogens is 718 g/mol. The molecule has 0 atom stereocenters. The predicted molar refractivity (Wildman–Crippen MR) is 169 cm³/mol. The normalized spacial score (nSPS) is 14.1. The van der Waals surface area contributed by atoms with Gasteiger partial charge in [-0.05, 0) is 52.9 Å². The van der Waals surface area contributed by atoms with Crippen LogP contribution in [0.5, 0.6) is 0 Å². The number of aromatic nitrogens is 3. The molecule has 0 amide bonds. The van der Waals surface area contributed by atoms with Crippen molar-refractivity contribution in [3.8, 4) is 22.5 Å². The Hall–Kier alpha value is -3.51. The number of pyridine rings is 3. The number of hydrogen-bond acceptors (Lipinski definition) is 4. The maximum absolute atomic E-state index is 14.3. The van der Waals surface area contributed by atoms with Crippen LogP contribution in [0.4, 0.5) is 4.39 Å². The number of benzene rings is 2. The number of rotatable bonds is 4. The minimum atomic E-state index is -2.22. The summed E-state index contributed by atoms with van der Waals surface area (Å²) in [6, 6.07) is 20.9.